The average molecular weight is 323 g/mol. The predicted molar refractivity (Wildman–Crippen MR) is 101 cm³/mol. The highest BCUT2D eigenvalue weighted by molar-refractivity contribution is 5.39. The normalized spacial score (nSPS) is 20.0. The highest BCUT2D eigenvalue weighted by Crippen LogP contribution is 2.40. The van der Waals surface area contributed by atoms with Gasteiger partial charge >= 0.3 is 0 Å². The Hall–Kier alpha value is -1.80. The number of ether oxygens (including phenoxy) is 1. The Morgan fingerprint density at radius 3 is 2.54 bits per heavy atom. The van der Waals surface area contributed by atoms with Gasteiger partial charge in [-0.25, -0.2) is 0 Å². The van der Waals surface area contributed by atoms with E-state index >= 15 is 0 Å². The van der Waals surface area contributed by atoms with Gasteiger partial charge in [0.15, 0.2) is 0 Å². The molecular weight excluding hydrogens is 294 g/mol. The first kappa shape index (κ1) is 17.0. The summed E-state index contributed by atoms with van der Waals surface area (Å²) >= 11 is 0. The summed E-state index contributed by atoms with van der Waals surface area (Å²) in [5.74, 6) is 1.56. The van der Waals surface area contributed by atoms with E-state index in [1.807, 2.05) is 0 Å². The third kappa shape index (κ3) is 4.18. The van der Waals surface area contributed by atoms with Crippen LogP contribution < -0.4 is 10.1 Å². The number of para-hydroxylation sites is 1. The van der Waals surface area contributed by atoms with E-state index in [1.54, 1.807) is 0 Å². The Kier molecular flexibility index (Phi) is 5.25. The fourth-order valence-corrected chi connectivity index (χ4v) is 3.70. The number of fused-ring (bicyclic) bond motifs is 1. The maximum absolute atomic E-state index is 6.15. The minimum atomic E-state index is -0.0954. The Balaban J connectivity index is 1.66. The van der Waals surface area contributed by atoms with E-state index in [2.05, 4.69) is 80.7 Å². The number of rotatable bonds is 6. The van der Waals surface area contributed by atoms with Gasteiger partial charge in [0.2, 0.25) is 0 Å². The molecule has 2 aromatic carbocycles. The second-order valence-electron chi connectivity index (χ2n) is 7.50. The van der Waals surface area contributed by atoms with Crippen LogP contribution in [-0.4, -0.2) is 18.2 Å². The molecule has 0 amide bonds. The number of benzene rings is 2. The maximum atomic E-state index is 6.15. The van der Waals surface area contributed by atoms with Crippen LogP contribution in [0.5, 0.6) is 5.75 Å². The summed E-state index contributed by atoms with van der Waals surface area (Å²) in [4.78, 5) is 0. The molecule has 0 saturated heterocycles. The van der Waals surface area contributed by atoms with Crippen LogP contribution in [0.3, 0.4) is 0 Å². The molecule has 0 spiro atoms. The number of nitrogens with one attached hydrogen (secondary N) is 1. The largest absolute Gasteiger partial charge is 0.488 e. The van der Waals surface area contributed by atoms with Crippen LogP contribution in [0.15, 0.2) is 54.6 Å². The van der Waals surface area contributed by atoms with Gasteiger partial charge in [-0.2, -0.15) is 0 Å². The molecular formula is C22H29NO. The first-order valence-electron chi connectivity index (χ1n) is 9.12. The highest BCUT2D eigenvalue weighted by Gasteiger charge is 2.33. The molecule has 0 saturated carbocycles. The fourth-order valence-electron chi connectivity index (χ4n) is 3.70. The molecule has 2 atom stereocenters. The van der Waals surface area contributed by atoms with Gasteiger partial charge in [0.25, 0.3) is 0 Å². The summed E-state index contributed by atoms with van der Waals surface area (Å²) in [7, 11) is 0. The Morgan fingerprint density at radius 1 is 1.08 bits per heavy atom. The first-order chi connectivity index (χ1) is 11.6. The lowest BCUT2D eigenvalue weighted by Crippen LogP contribution is -2.40. The van der Waals surface area contributed by atoms with E-state index < -0.39 is 0 Å². The van der Waals surface area contributed by atoms with E-state index in [0.717, 1.165) is 31.6 Å². The van der Waals surface area contributed by atoms with Crippen molar-refractivity contribution < 1.29 is 4.74 Å². The van der Waals surface area contributed by atoms with Crippen molar-refractivity contribution >= 4 is 0 Å². The zero-order valence-corrected chi connectivity index (χ0v) is 15.1. The van der Waals surface area contributed by atoms with Crippen LogP contribution in [0.4, 0.5) is 0 Å². The molecule has 0 fully saturated rings. The maximum Gasteiger partial charge on any atom is 0.123 e. The fraction of sp³-hybridized carbons (Fsp3) is 0.455. The van der Waals surface area contributed by atoms with E-state index in [-0.39, 0.29) is 5.60 Å². The zero-order valence-electron chi connectivity index (χ0n) is 15.1. The van der Waals surface area contributed by atoms with Crippen molar-refractivity contribution in [1.29, 1.82) is 0 Å². The molecule has 1 aliphatic rings. The van der Waals surface area contributed by atoms with Crippen molar-refractivity contribution in [3.8, 4) is 5.75 Å². The minimum absolute atomic E-state index is 0.0954. The van der Waals surface area contributed by atoms with Crippen LogP contribution >= 0.6 is 0 Å². The molecule has 2 aromatic rings. The standard InChI is InChI=1S/C22H29NO/c1-4-19(14-17-10-6-5-7-11-17)23-16-18-15-22(2,3)24-21-13-9-8-12-20(18)21/h5-13,18-19,23H,4,14-16H2,1-3H3. The van der Waals surface area contributed by atoms with E-state index in [9.17, 15) is 0 Å². The van der Waals surface area contributed by atoms with Gasteiger partial charge in [-0.3, -0.25) is 0 Å². The summed E-state index contributed by atoms with van der Waals surface area (Å²) in [6.45, 7) is 7.66. The van der Waals surface area contributed by atoms with Gasteiger partial charge in [0, 0.05) is 18.5 Å². The highest BCUT2D eigenvalue weighted by atomic mass is 16.5. The van der Waals surface area contributed by atoms with Gasteiger partial charge in [-0.1, -0.05) is 55.5 Å². The third-order valence-electron chi connectivity index (χ3n) is 4.95. The smallest absolute Gasteiger partial charge is 0.123 e. The van der Waals surface area contributed by atoms with Gasteiger partial charge in [0.05, 0.1) is 0 Å². The molecule has 1 N–H and O–H groups in total. The van der Waals surface area contributed by atoms with Gasteiger partial charge < -0.3 is 10.1 Å². The molecule has 24 heavy (non-hydrogen) atoms. The number of hydrogen-bond donors (Lipinski definition) is 1. The Bertz CT molecular complexity index is 650. The lowest BCUT2D eigenvalue weighted by molar-refractivity contribution is 0.0712. The monoisotopic (exact) mass is 323 g/mol. The first-order valence-corrected chi connectivity index (χ1v) is 9.12. The average Bonchev–Trinajstić information content (AvgIpc) is 2.58. The van der Waals surface area contributed by atoms with Crippen molar-refractivity contribution in [3.63, 3.8) is 0 Å². The third-order valence-corrected chi connectivity index (χ3v) is 4.95. The van der Waals surface area contributed by atoms with Crippen molar-refractivity contribution in [2.75, 3.05) is 6.54 Å². The summed E-state index contributed by atoms with van der Waals surface area (Å²) in [6.07, 6.45) is 3.29. The van der Waals surface area contributed by atoms with Crippen LogP contribution in [0.1, 0.15) is 50.7 Å². The van der Waals surface area contributed by atoms with Crippen LogP contribution in [0.25, 0.3) is 0 Å². The second-order valence-corrected chi connectivity index (χ2v) is 7.50. The number of hydrogen-bond acceptors (Lipinski definition) is 2. The summed E-state index contributed by atoms with van der Waals surface area (Å²) in [6, 6.07) is 19.8. The summed E-state index contributed by atoms with van der Waals surface area (Å²) < 4.78 is 6.15. The van der Waals surface area contributed by atoms with Crippen molar-refractivity contribution in [2.45, 2.75) is 57.6 Å². The quantitative estimate of drug-likeness (QED) is 0.813. The van der Waals surface area contributed by atoms with Crippen molar-refractivity contribution in [1.82, 2.24) is 5.32 Å². The molecule has 2 heteroatoms. The van der Waals surface area contributed by atoms with Gasteiger partial charge in [-0.15, -0.1) is 0 Å². The van der Waals surface area contributed by atoms with Crippen LogP contribution in [-0.2, 0) is 6.42 Å². The Morgan fingerprint density at radius 2 is 1.79 bits per heavy atom. The topological polar surface area (TPSA) is 21.3 Å². The summed E-state index contributed by atoms with van der Waals surface area (Å²) in [5.41, 5.74) is 2.66. The van der Waals surface area contributed by atoms with Crippen LogP contribution in [0.2, 0.25) is 0 Å². The molecule has 128 valence electrons. The molecule has 3 rings (SSSR count). The van der Waals surface area contributed by atoms with E-state index in [1.165, 1.54) is 11.1 Å². The van der Waals surface area contributed by atoms with Gasteiger partial charge in [-0.05, 0) is 50.3 Å². The van der Waals surface area contributed by atoms with Crippen molar-refractivity contribution in [2.24, 2.45) is 0 Å². The second kappa shape index (κ2) is 7.40. The molecule has 0 radical (unpaired) electrons. The molecule has 2 unspecified atom stereocenters. The lowest BCUT2D eigenvalue weighted by Gasteiger charge is -2.38. The summed E-state index contributed by atoms with van der Waals surface area (Å²) in [5, 5.41) is 3.81. The Labute approximate surface area is 146 Å². The molecule has 0 aliphatic carbocycles. The molecule has 2 nitrogen and oxygen atoms in total. The molecule has 0 bridgehead atoms. The van der Waals surface area contributed by atoms with Crippen molar-refractivity contribution in [3.05, 3.63) is 65.7 Å². The minimum Gasteiger partial charge on any atom is -0.488 e. The van der Waals surface area contributed by atoms with E-state index in [4.69, 9.17) is 4.74 Å². The lowest BCUT2D eigenvalue weighted by atomic mass is 9.84. The molecule has 1 aliphatic heterocycles. The SMILES string of the molecule is CCC(Cc1ccccc1)NCC1CC(C)(C)Oc2ccccc21. The zero-order chi connectivity index (χ0) is 17.0. The van der Waals surface area contributed by atoms with E-state index in [0.29, 0.717) is 12.0 Å². The van der Waals surface area contributed by atoms with Gasteiger partial charge in [0.1, 0.15) is 11.4 Å². The van der Waals surface area contributed by atoms with Crippen LogP contribution in [0, 0.1) is 0 Å². The molecule has 1 heterocycles. The molecule has 0 aromatic heterocycles. The predicted octanol–water partition coefficient (Wildman–Crippen LogP) is 4.94.